The maximum Gasteiger partial charge on any atom is 0.155 e. The molecule has 0 atom stereocenters. The average molecular weight is 286 g/mol. The fraction of sp³-hybridized carbons (Fsp3) is 0.0556. The van der Waals surface area contributed by atoms with Crippen LogP contribution in [0.3, 0.4) is 0 Å². The minimum atomic E-state index is 0.673. The van der Waals surface area contributed by atoms with Crippen LogP contribution in [0.25, 0.3) is 22.2 Å². The Morgan fingerprint density at radius 1 is 0.864 bits per heavy atom. The number of H-pyrrole nitrogens is 1. The highest BCUT2D eigenvalue weighted by molar-refractivity contribution is 5.83. The second-order valence-corrected chi connectivity index (χ2v) is 5.16. The van der Waals surface area contributed by atoms with Gasteiger partial charge >= 0.3 is 0 Å². The molecule has 4 aromatic rings. The summed E-state index contributed by atoms with van der Waals surface area (Å²) in [5.74, 6) is 0.726. The van der Waals surface area contributed by atoms with E-state index in [4.69, 9.17) is 0 Å². The van der Waals surface area contributed by atoms with E-state index in [0.29, 0.717) is 6.42 Å². The van der Waals surface area contributed by atoms with Gasteiger partial charge in [-0.1, -0.05) is 48.5 Å². The molecule has 22 heavy (non-hydrogen) atoms. The Morgan fingerprint density at radius 3 is 2.50 bits per heavy atom. The van der Waals surface area contributed by atoms with Gasteiger partial charge in [-0.2, -0.15) is 0 Å². The van der Waals surface area contributed by atoms with Crippen LogP contribution < -0.4 is 0 Å². The predicted octanol–water partition coefficient (Wildman–Crippen LogP) is 3.61. The van der Waals surface area contributed by atoms with E-state index >= 15 is 0 Å². The summed E-state index contributed by atoms with van der Waals surface area (Å²) in [6.45, 7) is 0. The van der Waals surface area contributed by atoms with Gasteiger partial charge in [0, 0.05) is 29.1 Å². The molecule has 4 heteroatoms. The second kappa shape index (κ2) is 5.41. The molecule has 0 saturated carbocycles. The molecule has 0 bridgehead atoms. The molecule has 0 radical (unpaired) electrons. The van der Waals surface area contributed by atoms with Crippen molar-refractivity contribution in [2.24, 2.45) is 0 Å². The summed E-state index contributed by atoms with van der Waals surface area (Å²) in [7, 11) is 0. The zero-order valence-corrected chi connectivity index (χ0v) is 11.9. The fourth-order valence-corrected chi connectivity index (χ4v) is 2.57. The van der Waals surface area contributed by atoms with Crippen molar-refractivity contribution in [1.29, 1.82) is 0 Å². The quantitative estimate of drug-likeness (QED) is 0.626. The van der Waals surface area contributed by atoms with Gasteiger partial charge in [-0.05, 0) is 11.6 Å². The molecule has 4 nitrogen and oxygen atoms in total. The van der Waals surface area contributed by atoms with Crippen LogP contribution in [-0.2, 0) is 6.42 Å². The number of benzene rings is 2. The third-order valence-electron chi connectivity index (χ3n) is 3.70. The molecule has 2 heterocycles. The molecular weight excluding hydrogens is 272 g/mol. The van der Waals surface area contributed by atoms with E-state index in [9.17, 15) is 0 Å². The van der Waals surface area contributed by atoms with Crippen LogP contribution in [0, 0.1) is 0 Å². The Morgan fingerprint density at radius 2 is 1.68 bits per heavy atom. The Labute approximate surface area is 127 Å². The lowest BCUT2D eigenvalue weighted by Crippen LogP contribution is -1.99. The smallest absolute Gasteiger partial charge is 0.155 e. The van der Waals surface area contributed by atoms with Gasteiger partial charge in [0.05, 0.1) is 6.20 Å². The van der Waals surface area contributed by atoms with E-state index in [-0.39, 0.29) is 0 Å². The van der Waals surface area contributed by atoms with E-state index in [1.807, 2.05) is 48.7 Å². The van der Waals surface area contributed by atoms with Gasteiger partial charge in [-0.25, -0.2) is 4.98 Å². The standard InChI is InChI=1S/C18H14N4/c1-2-6-13(7-3-1)17-12-20-18(22-21-17)10-14-11-19-16-9-5-4-8-15(14)16/h1-9,11-12,19H,10H2. The summed E-state index contributed by atoms with van der Waals surface area (Å²) in [6.07, 6.45) is 4.47. The van der Waals surface area contributed by atoms with Crippen molar-refractivity contribution in [1.82, 2.24) is 20.2 Å². The first kappa shape index (κ1) is 12.7. The van der Waals surface area contributed by atoms with Crippen molar-refractivity contribution in [2.75, 3.05) is 0 Å². The lowest BCUT2D eigenvalue weighted by Gasteiger charge is -2.01. The highest BCUT2D eigenvalue weighted by atomic mass is 15.1. The zero-order chi connectivity index (χ0) is 14.8. The highest BCUT2D eigenvalue weighted by Gasteiger charge is 2.07. The van der Waals surface area contributed by atoms with Crippen LogP contribution in [0.2, 0.25) is 0 Å². The molecule has 0 aliphatic rings. The van der Waals surface area contributed by atoms with E-state index < -0.39 is 0 Å². The van der Waals surface area contributed by atoms with Crippen LogP contribution in [0.4, 0.5) is 0 Å². The van der Waals surface area contributed by atoms with Crippen LogP contribution >= 0.6 is 0 Å². The Balaban J connectivity index is 1.61. The summed E-state index contributed by atoms with van der Waals surface area (Å²) in [4.78, 5) is 7.72. The summed E-state index contributed by atoms with van der Waals surface area (Å²) in [5.41, 5.74) is 4.14. The second-order valence-electron chi connectivity index (χ2n) is 5.16. The third kappa shape index (κ3) is 2.35. The van der Waals surface area contributed by atoms with Gasteiger partial charge in [0.1, 0.15) is 5.69 Å². The first-order chi connectivity index (χ1) is 10.9. The normalized spacial score (nSPS) is 10.9. The molecule has 0 spiro atoms. The monoisotopic (exact) mass is 286 g/mol. The summed E-state index contributed by atoms with van der Waals surface area (Å²) in [6, 6.07) is 18.2. The number of fused-ring (bicyclic) bond motifs is 1. The van der Waals surface area contributed by atoms with E-state index in [1.165, 1.54) is 10.9 Å². The van der Waals surface area contributed by atoms with Gasteiger partial charge in [0.2, 0.25) is 0 Å². The Kier molecular flexibility index (Phi) is 3.12. The molecular formula is C18H14N4. The van der Waals surface area contributed by atoms with Crippen LogP contribution in [0.5, 0.6) is 0 Å². The molecule has 0 amide bonds. The first-order valence-corrected chi connectivity index (χ1v) is 7.19. The zero-order valence-electron chi connectivity index (χ0n) is 11.9. The molecule has 1 N–H and O–H groups in total. The topological polar surface area (TPSA) is 54.5 Å². The Bertz CT molecular complexity index is 895. The van der Waals surface area contributed by atoms with Crippen molar-refractivity contribution in [3.05, 3.63) is 78.4 Å². The molecule has 0 aliphatic carbocycles. The van der Waals surface area contributed by atoms with Crippen LogP contribution in [0.15, 0.2) is 67.0 Å². The van der Waals surface area contributed by atoms with Crippen molar-refractivity contribution in [3.63, 3.8) is 0 Å². The molecule has 106 valence electrons. The van der Waals surface area contributed by atoms with Gasteiger partial charge in [-0.15, -0.1) is 10.2 Å². The summed E-state index contributed by atoms with van der Waals surface area (Å²) >= 11 is 0. The molecule has 0 fully saturated rings. The predicted molar refractivity (Wildman–Crippen MR) is 86.4 cm³/mol. The van der Waals surface area contributed by atoms with Crippen molar-refractivity contribution in [3.8, 4) is 11.3 Å². The molecule has 0 unspecified atom stereocenters. The summed E-state index contributed by atoms with van der Waals surface area (Å²) in [5, 5.41) is 9.76. The molecule has 2 aromatic heterocycles. The first-order valence-electron chi connectivity index (χ1n) is 7.19. The van der Waals surface area contributed by atoms with Gasteiger partial charge in [-0.3, -0.25) is 0 Å². The highest BCUT2D eigenvalue weighted by Crippen LogP contribution is 2.20. The molecule has 4 rings (SSSR count). The minimum absolute atomic E-state index is 0.673. The van der Waals surface area contributed by atoms with E-state index in [0.717, 1.165) is 22.6 Å². The van der Waals surface area contributed by atoms with Gasteiger partial charge in [0.15, 0.2) is 5.82 Å². The SMILES string of the molecule is c1ccc(-c2cnc(Cc3c[nH]c4ccccc34)nn2)cc1. The average Bonchev–Trinajstić information content (AvgIpc) is 3.00. The van der Waals surface area contributed by atoms with Crippen LogP contribution in [0.1, 0.15) is 11.4 Å². The molecule has 0 saturated heterocycles. The number of nitrogens with one attached hydrogen (secondary N) is 1. The number of nitrogens with zero attached hydrogens (tertiary/aromatic N) is 3. The number of aromatic amines is 1. The Hall–Kier alpha value is -3.01. The number of para-hydroxylation sites is 1. The molecule has 2 aromatic carbocycles. The maximum absolute atomic E-state index is 4.45. The van der Waals surface area contributed by atoms with Crippen molar-refractivity contribution >= 4 is 10.9 Å². The fourth-order valence-electron chi connectivity index (χ4n) is 2.57. The van der Waals surface area contributed by atoms with Gasteiger partial charge in [0.25, 0.3) is 0 Å². The lowest BCUT2D eigenvalue weighted by atomic mass is 10.1. The maximum atomic E-state index is 4.45. The largest absolute Gasteiger partial charge is 0.361 e. The third-order valence-corrected chi connectivity index (χ3v) is 3.70. The molecule has 0 aliphatic heterocycles. The number of hydrogen-bond donors (Lipinski definition) is 1. The van der Waals surface area contributed by atoms with Gasteiger partial charge < -0.3 is 4.98 Å². The lowest BCUT2D eigenvalue weighted by molar-refractivity contribution is 0.872. The number of hydrogen-bond acceptors (Lipinski definition) is 3. The number of aromatic nitrogens is 4. The van der Waals surface area contributed by atoms with Crippen LogP contribution in [-0.4, -0.2) is 20.2 Å². The van der Waals surface area contributed by atoms with E-state index in [2.05, 4.69) is 32.3 Å². The summed E-state index contributed by atoms with van der Waals surface area (Å²) < 4.78 is 0. The van der Waals surface area contributed by atoms with Crippen molar-refractivity contribution < 1.29 is 0 Å². The van der Waals surface area contributed by atoms with Crippen molar-refractivity contribution in [2.45, 2.75) is 6.42 Å². The van der Waals surface area contributed by atoms with E-state index in [1.54, 1.807) is 6.20 Å². The minimum Gasteiger partial charge on any atom is -0.361 e. The number of rotatable bonds is 3.